The van der Waals surface area contributed by atoms with Crippen LogP contribution in [-0.4, -0.2) is 5.91 Å². The van der Waals surface area contributed by atoms with Crippen molar-refractivity contribution in [3.05, 3.63) is 0 Å². The molecule has 0 bridgehead atoms. The molecule has 0 rings (SSSR count). The summed E-state index contributed by atoms with van der Waals surface area (Å²) in [7, 11) is 0. The van der Waals surface area contributed by atoms with Gasteiger partial charge in [-0.3, -0.25) is 0 Å². The number of hydrogen-bond acceptors (Lipinski definition) is 1. The molecule has 4 heteroatoms. The standard InChI is InChI=1S/C2H3NO.2C2H5.2Zn/c1-2(3)4;2*1-2;;/h1H,(H2,3,4);2*1H2,2H3;;. The normalized spacial score (nSPS) is 8.70. The van der Waals surface area contributed by atoms with Crippen LogP contribution in [0.25, 0.3) is 0 Å². The van der Waals surface area contributed by atoms with Gasteiger partial charge in [0.25, 0.3) is 0 Å². The molecule has 10 heavy (non-hydrogen) atoms. The van der Waals surface area contributed by atoms with Crippen LogP contribution in [0.15, 0.2) is 0 Å². The van der Waals surface area contributed by atoms with Crippen LogP contribution in [0, 0.1) is 0 Å². The van der Waals surface area contributed by atoms with E-state index in [1.807, 2.05) is 0 Å². The monoisotopic (exact) mass is 243 g/mol. The molecule has 0 spiro atoms. The first-order valence-corrected chi connectivity index (χ1v) is 11.6. The Morgan fingerprint density at radius 2 is 1.80 bits per heavy atom. The second-order valence-electron chi connectivity index (χ2n) is 2.68. The Labute approximate surface area is 77.5 Å². The minimum absolute atomic E-state index is 0.0312. The van der Waals surface area contributed by atoms with E-state index >= 15 is 0 Å². The van der Waals surface area contributed by atoms with Crippen molar-refractivity contribution in [1.82, 2.24) is 0 Å². The molecule has 2 nitrogen and oxygen atoms in total. The summed E-state index contributed by atoms with van der Waals surface area (Å²) in [5.41, 5.74) is 5.26. The first kappa shape index (κ1) is 10.7. The molecular weight excluding hydrogens is 233 g/mol. The maximum absolute atomic E-state index is 10.8. The number of hydrogen-bond donors (Lipinski definition) is 1. The van der Waals surface area contributed by atoms with Crippen molar-refractivity contribution in [2.75, 3.05) is 0 Å². The zero-order chi connectivity index (χ0) is 7.98. The molecule has 0 aliphatic carbocycles. The third-order valence-corrected chi connectivity index (χ3v) is 17.6. The average Bonchev–Trinajstić information content (AvgIpc) is 1.87. The fraction of sp³-hybridized carbons (Fsp3) is 0.833. The van der Waals surface area contributed by atoms with Gasteiger partial charge >= 0.3 is 77.7 Å². The third kappa shape index (κ3) is 4.52. The van der Waals surface area contributed by atoms with Gasteiger partial charge in [0.15, 0.2) is 0 Å². The van der Waals surface area contributed by atoms with E-state index in [4.69, 9.17) is 5.73 Å². The minimum atomic E-state index is -0.515. The Balaban J connectivity index is 3.61. The summed E-state index contributed by atoms with van der Waals surface area (Å²) < 4.78 is 0.495. The fourth-order valence-corrected chi connectivity index (χ4v) is 17.9. The van der Waals surface area contributed by atoms with Gasteiger partial charge in [-0.25, -0.2) is 0 Å². The van der Waals surface area contributed by atoms with Gasteiger partial charge in [-0.2, -0.15) is 0 Å². The van der Waals surface area contributed by atoms with Crippen molar-refractivity contribution in [3.8, 4) is 0 Å². The SMILES string of the molecule is C[CH2][Zn][CH]([Zn][CH2]C)C(N)=O. The van der Waals surface area contributed by atoms with E-state index in [0.717, 1.165) is 0 Å². The molecule has 0 aromatic heterocycles. The number of carbonyl (C=O) groups is 1. The quantitative estimate of drug-likeness (QED) is 0.729. The fourth-order valence-electron chi connectivity index (χ4n) is 1.13. The molecule has 0 saturated heterocycles. The molecule has 0 radical (unpaired) electrons. The molecule has 0 atom stereocenters. The Morgan fingerprint density at radius 3 is 2.00 bits per heavy atom. The van der Waals surface area contributed by atoms with E-state index in [0.29, 0.717) is 3.11 Å². The van der Waals surface area contributed by atoms with E-state index < -0.39 is 34.3 Å². The number of nitrogens with two attached hydrogens (primary N) is 1. The van der Waals surface area contributed by atoms with Gasteiger partial charge in [-0.05, 0) is 0 Å². The molecule has 0 unspecified atom stereocenters. The van der Waals surface area contributed by atoms with E-state index in [9.17, 15) is 4.79 Å². The van der Waals surface area contributed by atoms with Crippen molar-refractivity contribution in [3.63, 3.8) is 0 Å². The summed E-state index contributed by atoms with van der Waals surface area (Å²) in [6, 6.07) is 0. The van der Waals surface area contributed by atoms with Crippen molar-refractivity contribution in [1.29, 1.82) is 0 Å². The Kier molecular flexibility index (Phi) is 6.89. The first-order chi connectivity index (χ1) is 4.72. The summed E-state index contributed by atoms with van der Waals surface area (Å²) in [4.78, 5) is 10.8. The van der Waals surface area contributed by atoms with Crippen LogP contribution < -0.4 is 5.73 Å². The predicted octanol–water partition coefficient (Wildman–Crippen LogP) is 1.26. The molecule has 1 amide bonds. The molecule has 0 aromatic rings. The summed E-state index contributed by atoms with van der Waals surface area (Å²) in [6.45, 7) is 4.38. The summed E-state index contributed by atoms with van der Waals surface area (Å²) >= 11 is -1.03. The third-order valence-electron chi connectivity index (χ3n) is 1.68. The number of primary amides is 1. The zero-order valence-corrected chi connectivity index (χ0v) is 12.8. The second kappa shape index (κ2) is 6.43. The van der Waals surface area contributed by atoms with Crippen LogP contribution >= 0.6 is 0 Å². The van der Waals surface area contributed by atoms with Gasteiger partial charge in [0.1, 0.15) is 0 Å². The molecule has 2 N–H and O–H groups in total. The Morgan fingerprint density at radius 1 is 1.40 bits per heavy atom. The number of carbonyl (C=O) groups excluding carboxylic acids is 1. The van der Waals surface area contributed by atoms with Gasteiger partial charge in [0.2, 0.25) is 0 Å². The molecule has 0 fully saturated rings. The van der Waals surface area contributed by atoms with E-state index in [2.05, 4.69) is 13.8 Å². The average molecular weight is 246 g/mol. The van der Waals surface area contributed by atoms with Crippen molar-refractivity contribution < 1.29 is 39.0 Å². The summed E-state index contributed by atoms with van der Waals surface area (Å²) in [5.74, 6) is 0.0312. The molecule has 0 saturated carbocycles. The predicted molar refractivity (Wildman–Crippen MR) is 33.9 cm³/mol. The molecule has 0 aliphatic rings. The summed E-state index contributed by atoms with van der Waals surface area (Å²) in [6.07, 6.45) is 0. The molecular formula is C6H13NOZn2. The molecule has 52 valence electrons. The van der Waals surface area contributed by atoms with E-state index in [-0.39, 0.29) is 5.91 Å². The van der Waals surface area contributed by atoms with Crippen molar-refractivity contribution in [2.45, 2.75) is 27.0 Å². The van der Waals surface area contributed by atoms with Gasteiger partial charge < -0.3 is 0 Å². The number of rotatable bonds is 5. The van der Waals surface area contributed by atoms with Crippen LogP contribution in [0.4, 0.5) is 0 Å². The Hall–Kier alpha value is 0.717. The second-order valence-corrected chi connectivity index (χ2v) is 18.5. The number of amides is 1. The van der Waals surface area contributed by atoms with Gasteiger partial charge in [-0.15, -0.1) is 0 Å². The first-order valence-electron chi connectivity index (χ1n) is 4.01. The van der Waals surface area contributed by atoms with Gasteiger partial charge in [-0.1, -0.05) is 0 Å². The van der Waals surface area contributed by atoms with Crippen molar-refractivity contribution >= 4 is 5.91 Å². The van der Waals surface area contributed by atoms with Gasteiger partial charge in [0.05, 0.1) is 0 Å². The van der Waals surface area contributed by atoms with Crippen molar-refractivity contribution in [2.24, 2.45) is 5.73 Å². The zero-order valence-electron chi connectivity index (χ0n) is 6.89. The molecule has 0 aromatic carbocycles. The van der Waals surface area contributed by atoms with E-state index in [1.54, 1.807) is 0 Å². The van der Waals surface area contributed by atoms with Gasteiger partial charge in [0, 0.05) is 0 Å². The van der Waals surface area contributed by atoms with Crippen LogP contribution in [0.5, 0.6) is 0 Å². The van der Waals surface area contributed by atoms with Crippen LogP contribution in [0.1, 0.15) is 13.8 Å². The van der Waals surface area contributed by atoms with Crippen LogP contribution in [-0.2, 0) is 39.0 Å². The molecule has 0 heterocycles. The topological polar surface area (TPSA) is 43.1 Å². The summed E-state index contributed by atoms with van der Waals surface area (Å²) in [5, 5.41) is 2.57. The van der Waals surface area contributed by atoms with Crippen LogP contribution in [0.3, 0.4) is 0 Å². The van der Waals surface area contributed by atoms with Crippen LogP contribution in [0.2, 0.25) is 13.1 Å². The van der Waals surface area contributed by atoms with E-state index in [1.165, 1.54) is 10.0 Å². The Bertz CT molecular complexity index is 102. The maximum atomic E-state index is 10.8. The molecule has 0 aliphatic heterocycles.